The van der Waals surface area contributed by atoms with Crippen molar-refractivity contribution in [3.8, 4) is 5.75 Å². The minimum atomic E-state index is -0.434. The van der Waals surface area contributed by atoms with Gasteiger partial charge in [-0.3, -0.25) is 10.1 Å². The first-order valence-electron chi connectivity index (χ1n) is 5.27. The lowest BCUT2D eigenvalue weighted by Crippen LogP contribution is -1.99. The number of nitro groups is 1. The molecule has 0 amide bonds. The molecule has 0 spiro atoms. The van der Waals surface area contributed by atoms with E-state index in [2.05, 4.69) is 22.6 Å². The van der Waals surface area contributed by atoms with Crippen molar-refractivity contribution in [2.45, 2.75) is 6.61 Å². The van der Waals surface area contributed by atoms with Gasteiger partial charge in [0, 0.05) is 15.7 Å². The van der Waals surface area contributed by atoms with E-state index in [0.717, 1.165) is 9.13 Å². The van der Waals surface area contributed by atoms with E-state index in [9.17, 15) is 10.1 Å². The summed E-state index contributed by atoms with van der Waals surface area (Å²) in [5.74, 6) is 0.302. The summed E-state index contributed by atoms with van der Waals surface area (Å²) >= 11 is 2.10. The molecule has 0 bridgehead atoms. The maximum atomic E-state index is 10.9. The first kappa shape index (κ1) is 12.8. The van der Waals surface area contributed by atoms with E-state index in [1.54, 1.807) is 12.1 Å². The van der Waals surface area contributed by atoms with E-state index in [4.69, 9.17) is 4.74 Å². The second-order valence-corrected chi connectivity index (χ2v) is 4.89. The lowest BCUT2D eigenvalue weighted by Gasteiger charge is -2.07. The average molecular weight is 355 g/mol. The molecule has 0 saturated heterocycles. The molecule has 0 aliphatic carbocycles. The molecule has 0 aliphatic rings. The van der Waals surface area contributed by atoms with Crippen LogP contribution in [0.1, 0.15) is 5.56 Å². The van der Waals surface area contributed by atoms with E-state index < -0.39 is 4.92 Å². The highest BCUT2D eigenvalue weighted by Crippen LogP contribution is 2.29. The number of nitro benzene ring substituents is 1. The minimum Gasteiger partial charge on any atom is -0.482 e. The quantitative estimate of drug-likeness (QED) is 0.477. The van der Waals surface area contributed by atoms with Gasteiger partial charge in [0.05, 0.1) is 4.92 Å². The smallest absolute Gasteiger partial charge is 0.311 e. The molecule has 0 atom stereocenters. The number of hydrogen-bond donors (Lipinski definition) is 0. The Labute approximate surface area is 118 Å². The van der Waals surface area contributed by atoms with Crippen LogP contribution in [0.2, 0.25) is 0 Å². The summed E-state index contributed by atoms with van der Waals surface area (Å²) in [7, 11) is 0. The molecule has 2 aromatic carbocycles. The molecule has 0 saturated carbocycles. The Bertz CT molecular complexity index is 557. The summed E-state index contributed by atoms with van der Waals surface area (Å²) in [6.45, 7) is 0.321. The van der Waals surface area contributed by atoms with Crippen molar-refractivity contribution in [1.82, 2.24) is 0 Å². The van der Waals surface area contributed by atoms with E-state index in [1.807, 2.05) is 30.3 Å². The molecule has 2 aromatic rings. The van der Waals surface area contributed by atoms with Gasteiger partial charge in [-0.1, -0.05) is 30.3 Å². The summed E-state index contributed by atoms with van der Waals surface area (Å²) in [6.07, 6.45) is 0. The van der Waals surface area contributed by atoms with Gasteiger partial charge >= 0.3 is 5.69 Å². The van der Waals surface area contributed by atoms with Crippen LogP contribution in [0.4, 0.5) is 5.69 Å². The van der Waals surface area contributed by atoms with Crippen molar-refractivity contribution >= 4 is 28.3 Å². The molecule has 0 heterocycles. The average Bonchev–Trinajstić information content (AvgIpc) is 2.37. The van der Waals surface area contributed by atoms with Gasteiger partial charge in [0.25, 0.3) is 0 Å². The molecule has 0 N–H and O–H groups in total. The SMILES string of the molecule is O=[N+]([O-])c1ccc(I)cc1OCc1ccccc1. The standard InChI is InChI=1S/C13H10INO3/c14-11-6-7-12(15(16)17)13(8-11)18-9-10-4-2-1-3-5-10/h1-8H,9H2. The van der Waals surface area contributed by atoms with E-state index in [-0.39, 0.29) is 5.69 Å². The molecule has 0 fully saturated rings. The molecule has 0 aromatic heterocycles. The summed E-state index contributed by atoms with van der Waals surface area (Å²) in [6, 6.07) is 14.4. The lowest BCUT2D eigenvalue weighted by atomic mass is 10.2. The second-order valence-electron chi connectivity index (χ2n) is 3.64. The second kappa shape index (κ2) is 5.81. The fourth-order valence-corrected chi connectivity index (χ4v) is 1.95. The van der Waals surface area contributed by atoms with Crippen molar-refractivity contribution in [1.29, 1.82) is 0 Å². The fourth-order valence-electron chi connectivity index (χ4n) is 1.49. The highest BCUT2D eigenvalue weighted by Gasteiger charge is 2.15. The molecular formula is C13H10INO3. The van der Waals surface area contributed by atoms with Gasteiger partial charge < -0.3 is 4.74 Å². The number of hydrogen-bond acceptors (Lipinski definition) is 3. The van der Waals surface area contributed by atoms with Crippen LogP contribution < -0.4 is 4.74 Å². The Morgan fingerprint density at radius 2 is 1.89 bits per heavy atom. The topological polar surface area (TPSA) is 52.4 Å². The number of benzene rings is 2. The molecule has 0 radical (unpaired) electrons. The molecular weight excluding hydrogens is 345 g/mol. The van der Waals surface area contributed by atoms with Gasteiger partial charge in [-0.15, -0.1) is 0 Å². The number of rotatable bonds is 4. The van der Waals surface area contributed by atoms with Crippen molar-refractivity contribution in [2.24, 2.45) is 0 Å². The minimum absolute atomic E-state index is 0.00801. The van der Waals surface area contributed by atoms with Crippen LogP contribution in [0.3, 0.4) is 0 Å². The van der Waals surface area contributed by atoms with Gasteiger partial charge in [-0.2, -0.15) is 0 Å². The van der Waals surface area contributed by atoms with Gasteiger partial charge in [0.15, 0.2) is 5.75 Å². The van der Waals surface area contributed by atoms with Gasteiger partial charge in [-0.05, 0) is 34.2 Å². The Kier molecular flexibility index (Phi) is 4.14. The van der Waals surface area contributed by atoms with Crippen LogP contribution in [0.5, 0.6) is 5.75 Å². The van der Waals surface area contributed by atoms with Gasteiger partial charge in [0.1, 0.15) is 6.61 Å². The molecule has 0 aliphatic heterocycles. The van der Waals surface area contributed by atoms with Crippen molar-refractivity contribution < 1.29 is 9.66 Å². The zero-order valence-electron chi connectivity index (χ0n) is 9.38. The third-order valence-corrected chi connectivity index (χ3v) is 3.03. The molecule has 18 heavy (non-hydrogen) atoms. The molecule has 4 nitrogen and oxygen atoms in total. The Morgan fingerprint density at radius 3 is 2.56 bits per heavy atom. The maximum absolute atomic E-state index is 10.9. The van der Waals surface area contributed by atoms with Crippen LogP contribution in [0, 0.1) is 13.7 Å². The molecule has 2 rings (SSSR count). The third kappa shape index (κ3) is 3.19. The fraction of sp³-hybridized carbons (Fsp3) is 0.0769. The van der Waals surface area contributed by atoms with Gasteiger partial charge in [-0.25, -0.2) is 0 Å². The Hall–Kier alpha value is -1.63. The highest BCUT2D eigenvalue weighted by atomic mass is 127. The third-order valence-electron chi connectivity index (χ3n) is 2.36. The first-order chi connectivity index (χ1) is 8.66. The summed E-state index contributed by atoms with van der Waals surface area (Å²) < 4.78 is 6.42. The first-order valence-corrected chi connectivity index (χ1v) is 6.35. The van der Waals surface area contributed by atoms with Crippen LogP contribution in [-0.4, -0.2) is 4.92 Å². The van der Waals surface area contributed by atoms with Crippen LogP contribution in [0.25, 0.3) is 0 Å². The van der Waals surface area contributed by atoms with E-state index in [1.165, 1.54) is 6.07 Å². The van der Waals surface area contributed by atoms with Crippen LogP contribution >= 0.6 is 22.6 Å². The monoisotopic (exact) mass is 355 g/mol. The Morgan fingerprint density at radius 1 is 1.17 bits per heavy atom. The van der Waals surface area contributed by atoms with Crippen molar-refractivity contribution in [2.75, 3.05) is 0 Å². The van der Waals surface area contributed by atoms with E-state index in [0.29, 0.717) is 12.4 Å². The Balaban J connectivity index is 2.18. The number of ether oxygens (including phenoxy) is 1. The normalized spacial score (nSPS) is 10.1. The van der Waals surface area contributed by atoms with E-state index >= 15 is 0 Å². The summed E-state index contributed by atoms with van der Waals surface area (Å²) in [4.78, 5) is 10.4. The predicted molar refractivity (Wildman–Crippen MR) is 76.6 cm³/mol. The molecule has 5 heteroatoms. The largest absolute Gasteiger partial charge is 0.482 e. The summed E-state index contributed by atoms with van der Waals surface area (Å²) in [5, 5.41) is 10.9. The number of halogens is 1. The maximum Gasteiger partial charge on any atom is 0.311 e. The predicted octanol–water partition coefficient (Wildman–Crippen LogP) is 3.78. The van der Waals surface area contributed by atoms with Crippen LogP contribution in [0.15, 0.2) is 48.5 Å². The van der Waals surface area contributed by atoms with Crippen LogP contribution in [-0.2, 0) is 6.61 Å². The lowest BCUT2D eigenvalue weighted by molar-refractivity contribution is -0.386. The summed E-state index contributed by atoms with van der Waals surface area (Å²) in [5.41, 5.74) is 0.969. The number of nitrogens with zero attached hydrogens (tertiary/aromatic N) is 1. The van der Waals surface area contributed by atoms with Crippen molar-refractivity contribution in [3.05, 3.63) is 67.8 Å². The van der Waals surface area contributed by atoms with Crippen molar-refractivity contribution in [3.63, 3.8) is 0 Å². The van der Waals surface area contributed by atoms with Gasteiger partial charge in [0.2, 0.25) is 0 Å². The zero-order valence-corrected chi connectivity index (χ0v) is 11.5. The zero-order chi connectivity index (χ0) is 13.0. The molecule has 92 valence electrons. The molecule has 0 unspecified atom stereocenters. The highest BCUT2D eigenvalue weighted by molar-refractivity contribution is 14.1.